The van der Waals surface area contributed by atoms with Crippen LogP contribution in [0, 0.1) is 5.82 Å². The molecule has 6 heteroatoms. The number of nitrogens with one attached hydrogen (secondary N) is 1. The minimum Gasteiger partial charge on any atom is -0.355 e. The highest BCUT2D eigenvalue weighted by Crippen LogP contribution is 2.43. The van der Waals surface area contributed by atoms with Crippen LogP contribution in [0.15, 0.2) is 23.2 Å². The van der Waals surface area contributed by atoms with Gasteiger partial charge >= 0.3 is 0 Å². The van der Waals surface area contributed by atoms with Crippen molar-refractivity contribution in [2.45, 2.75) is 31.1 Å². The number of hydrogen-bond acceptors (Lipinski definition) is 3. The van der Waals surface area contributed by atoms with Crippen LogP contribution in [-0.2, 0) is 5.41 Å². The average molecular weight is 438 g/mol. The van der Waals surface area contributed by atoms with Gasteiger partial charge in [0.15, 0.2) is 5.96 Å². The van der Waals surface area contributed by atoms with E-state index in [4.69, 9.17) is 11.6 Å². The molecule has 3 nitrogen and oxygen atoms in total. The Labute approximate surface area is 153 Å². The largest absolute Gasteiger partial charge is 0.355 e. The molecule has 1 aliphatic heterocycles. The van der Waals surface area contributed by atoms with E-state index in [9.17, 15) is 4.39 Å². The van der Waals surface area contributed by atoms with Gasteiger partial charge in [-0.2, -0.15) is 0 Å². The van der Waals surface area contributed by atoms with E-state index < -0.39 is 0 Å². The normalized spacial score (nSPS) is 19.8. The summed E-state index contributed by atoms with van der Waals surface area (Å²) in [6.45, 7) is 2.62. The molecule has 1 aromatic carbocycles. The van der Waals surface area contributed by atoms with Crippen molar-refractivity contribution in [1.29, 1.82) is 0 Å². The number of hydrogen-bond donors (Lipinski definition) is 1. The second kappa shape index (κ2) is 7.34. The number of benzene rings is 1. The third kappa shape index (κ3) is 3.50. The maximum atomic E-state index is 13.3. The van der Waals surface area contributed by atoms with E-state index in [1.807, 2.05) is 13.1 Å². The Hall–Kier alpha value is -0.560. The molecule has 0 atom stereocenters. The maximum absolute atomic E-state index is 13.3. The second-order valence-corrected chi connectivity index (χ2v) is 6.50. The molecule has 122 valence electrons. The van der Waals surface area contributed by atoms with Crippen molar-refractivity contribution < 1.29 is 4.39 Å². The minimum absolute atomic E-state index is 0. The van der Waals surface area contributed by atoms with E-state index in [-0.39, 0.29) is 35.2 Å². The van der Waals surface area contributed by atoms with Crippen molar-refractivity contribution in [2.75, 3.05) is 26.7 Å². The first-order valence-electron chi connectivity index (χ1n) is 7.56. The van der Waals surface area contributed by atoms with Gasteiger partial charge in [-0.25, -0.2) is 4.39 Å². The van der Waals surface area contributed by atoms with Crippen LogP contribution in [0.25, 0.3) is 0 Å². The first-order valence-corrected chi connectivity index (χ1v) is 7.94. The van der Waals surface area contributed by atoms with E-state index in [2.05, 4.69) is 15.2 Å². The van der Waals surface area contributed by atoms with Crippen LogP contribution in [0.1, 0.15) is 31.2 Å². The molecule has 3 rings (SSSR count). The Morgan fingerprint density at radius 1 is 1.36 bits per heavy atom. The molecule has 1 aliphatic carbocycles. The Morgan fingerprint density at radius 2 is 2.09 bits per heavy atom. The summed E-state index contributed by atoms with van der Waals surface area (Å²) in [6.07, 6.45) is 4.56. The van der Waals surface area contributed by atoms with Crippen LogP contribution in [0.3, 0.4) is 0 Å². The summed E-state index contributed by atoms with van der Waals surface area (Å²) in [5, 5.41) is 4.02. The van der Waals surface area contributed by atoms with Crippen molar-refractivity contribution in [3.05, 3.63) is 34.6 Å². The van der Waals surface area contributed by atoms with E-state index >= 15 is 0 Å². The molecule has 0 amide bonds. The molecule has 1 saturated carbocycles. The van der Waals surface area contributed by atoms with Crippen molar-refractivity contribution in [2.24, 2.45) is 4.99 Å². The molecule has 0 radical (unpaired) electrons. The van der Waals surface area contributed by atoms with Gasteiger partial charge in [-0.1, -0.05) is 30.5 Å². The number of guanidine groups is 1. The monoisotopic (exact) mass is 437 g/mol. The predicted molar refractivity (Wildman–Crippen MR) is 99.9 cm³/mol. The van der Waals surface area contributed by atoms with Crippen LogP contribution < -0.4 is 5.32 Å². The van der Waals surface area contributed by atoms with E-state index in [0.29, 0.717) is 5.02 Å². The Morgan fingerprint density at radius 3 is 2.68 bits per heavy atom. The summed E-state index contributed by atoms with van der Waals surface area (Å²) < 4.78 is 13.3. The summed E-state index contributed by atoms with van der Waals surface area (Å²) in [4.78, 5) is 6.61. The predicted octanol–water partition coefficient (Wildman–Crippen LogP) is 3.80. The lowest BCUT2D eigenvalue weighted by Crippen LogP contribution is -2.43. The van der Waals surface area contributed by atoms with Crippen molar-refractivity contribution in [3.8, 4) is 0 Å². The fourth-order valence-electron chi connectivity index (χ4n) is 3.48. The summed E-state index contributed by atoms with van der Waals surface area (Å²) in [5.74, 6) is 0.685. The van der Waals surface area contributed by atoms with Gasteiger partial charge in [0.25, 0.3) is 0 Å². The molecule has 0 spiro atoms. The number of halogens is 3. The fourth-order valence-corrected chi connectivity index (χ4v) is 3.85. The van der Waals surface area contributed by atoms with Crippen LogP contribution in [0.4, 0.5) is 4.39 Å². The van der Waals surface area contributed by atoms with Gasteiger partial charge < -0.3 is 10.2 Å². The highest BCUT2D eigenvalue weighted by Gasteiger charge is 2.37. The first-order chi connectivity index (χ1) is 10.1. The van der Waals surface area contributed by atoms with Crippen molar-refractivity contribution in [1.82, 2.24) is 10.2 Å². The molecule has 1 N–H and O–H groups in total. The highest BCUT2D eigenvalue weighted by atomic mass is 127. The topological polar surface area (TPSA) is 27.6 Å². The summed E-state index contributed by atoms with van der Waals surface area (Å²) in [7, 11) is 2.05. The van der Waals surface area contributed by atoms with Crippen LogP contribution >= 0.6 is 35.6 Å². The number of nitrogens with zero attached hydrogens (tertiary/aromatic N) is 2. The first kappa shape index (κ1) is 17.8. The molecule has 0 aromatic heterocycles. The van der Waals surface area contributed by atoms with E-state index in [0.717, 1.165) is 44.0 Å². The van der Waals surface area contributed by atoms with Gasteiger partial charge in [0.05, 0.1) is 6.54 Å². The quantitative estimate of drug-likeness (QED) is 0.729. The number of likely N-dealkylation sites (N-methyl/N-ethyl adjacent to an activating group) is 1. The van der Waals surface area contributed by atoms with Gasteiger partial charge in [-0.15, -0.1) is 24.0 Å². The van der Waals surface area contributed by atoms with Gasteiger partial charge in [0.2, 0.25) is 0 Å². The molecule has 1 heterocycles. The standard InChI is InChI=1S/C16H21ClFN3.HI/c1-21-9-8-19-15(21)20-11-16(6-2-3-7-16)13-5-4-12(18)10-14(13)17;/h4-5,10H,2-3,6-9,11H2,1H3,(H,19,20);1H. The zero-order valence-corrected chi connectivity index (χ0v) is 15.8. The number of rotatable bonds is 3. The second-order valence-electron chi connectivity index (χ2n) is 6.09. The molecule has 2 aliphatic rings. The van der Waals surface area contributed by atoms with Crippen LogP contribution in [0.2, 0.25) is 5.02 Å². The SMILES string of the molecule is CN1CCN=C1NCC1(c2ccc(F)cc2Cl)CCCC1.I. The lowest BCUT2D eigenvalue weighted by atomic mass is 9.78. The van der Waals surface area contributed by atoms with Gasteiger partial charge in [0.1, 0.15) is 5.82 Å². The maximum Gasteiger partial charge on any atom is 0.193 e. The molecule has 1 aromatic rings. The fraction of sp³-hybridized carbons (Fsp3) is 0.562. The van der Waals surface area contributed by atoms with E-state index in [1.165, 1.54) is 25.0 Å². The number of aliphatic imine (C=N–C) groups is 1. The van der Waals surface area contributed by atoms with Gasteiger partial charge in [0, 0.05) is 30.6 Å². The molecular formula is C16H22ClFIN3. The lowest BCUT2D eigenvalue weighted by molar-refractivity contribution is 0.421. The molecule has 0 bridgehead atoms. The Balaban J connectivity index is 0.00000176. The lowest BCUT2D eigenvalue weighted by Gasteiger charge is -2.32. The molecule has 0 saturated heterocycles. The van der Waals surface area contributed by atoms with Gasteiger partial charge in [-0.3, -0.25) is 4.99 Å². The minimum atomic E-state index is -0.273. The highest BCUT2D eigenvalue weighted by molar-refractivity contribution is 14.0. The summed E-state index contributed by atoms with van der Waals surface area (Å²) in [5.41, 5.74) is 1.06. The molecule has 22 heavy (non-hydrogen) atoms. The zero-order valence-electron chi connectivity index (χ0n) is 12.7. The third-order valence-electron chi connectivity index (χ3n) is 4.71. The Kier molecular flexibility index (Phi) is 5.94. The van der Waals surface area contributed by atoms with Crippen molar-refractivity contribution >= 4 is 41.5 Å². The zero-order chi connectivity index (χ0) is 14.9. The van der Waals surface area contributed by atoms with E-state index in [1.54, 1.807) is 0 Å². The Bertz CT molecular complexity index is 558. The van der Waals surface area contributed by atoms with Crippen LogP contribution in [-0.4, -0.2) is 37.5 Å². The molecule has 0 unspecified atom stereocenters. The van der Waals surface area contributed by atoms with Crippen LogP contribution in [0.5, 0.6) is 0 Å². The average Bonchev–Trinajstić information content (AvgIpc) is 3.06. The molecular weight excluding hydrogens is 416 g/mol. The summed E-state index contributed by atoms with van der Waals surface area (Å²) in [6, 6.07) is 4.79. The smallest absolute Gasteiger partial charge is 0.193 e. The molecule has 1 fully saturated rings. The van der Waals surface area contributed by atoms with Gasteiger partial charge in [-0.05, 0) is 30.5 Å². The summed E-state index contributed by atoms with van der Waals surface area (Å²) >= 11 is 6.31. The third-order valence-corrected chi connectivity index (χ3v) is 5.02. The van der Waals surface area contributed by atoms with Crippen molar-refractivity contribution in [3.63, 3.8) is 0 Å².